The molecule has 1 aromatic carbocycles. The summed E-state index contributed by atoms with van der Waals surface area (Å²) >= 11 is 3.34. The van der Waals surface area contributed by atoms with Gasteiger partial charge in [-0.15, -0.1) is 0 Å². The Morgan fingerprint density at radius 3 is 3.00 bits per heavy atom. The number of unbranched alkanes of at least 4 members (excludes halogenated alkanes) is 1. The molecule has 0 amide bonds. The van der Waals surface area contributed by atoms with Crippen molar-refractivity contribution in [2.24, 2.45) is 5.73 Å². The Hall–Kier alpha value is -1.20. The molecule has 0 fully saturated rings. The van der Waals surface area contributed by atoms with Crippen molar-refractivity contribution < 1.29 is 4.39 Å². The van der Waals surface area contributed by atoms with E-state index in [1.165, 1.54) is 6.07 Å². The molecule has 0 spiro atoms. The third-order valence-corrected chi connectivity index (χ3v) is 3.53. The highest BCUT2D eigenvalue weighted by Crippen LogP contribution is 2.26. The Labute approximate surface area is 120 Å². The number of H-pyrrole nitrogens is 1. The summed E-state index contributed by atoms with van der Waals surface area (Å²) in [6.07, 6.45) is 4.67. The van der Waals surface area contributed by atoms with E-state index in [0.29, 0.717) is 17.1 Å². The third kappa shape index (κ3) is 3.42. The number of imidazole rings is 1. The minimum atomic E-state index is -0.277. The van der Waals surface area contributed by atoms with Gasteiger partial charge in [0.15, 0.2) is 0 Å². The first kappa shape index (κ1) is 14.2. The van der Waals surface area contributed by atoms with E-state index in [4.69, 9.17) is 5.73 Å². The van der Waals surface area contributed by atoms with Gasteiger partial charge in [-0.1, -0.05) is 35.7 Å². The van der Waals surface area contributed by atoms with Crippen LogP contribution in [0, 0.1) is 5.82 Å². The molecule has 0 radical (unpaired) electrons. The van der Waals surface area contributed by atoms with E-state index in [1.54, 1.807) is 18.3 Å². The highest BCUT2D eigenvalue weighted by atomic mass is 79.9. The van der Waals surface area contributed by atoms with Gasteiger partial charge in [-0.3, -0.25) is 0 Å². The average molecular weight is 326 g/mol. The Kier molecular flexibility index (Phi) is 4.71. The maximum absolute atomic E-state index is 13.8. The number of benzene rings is 1. The molecule has 1 atom stereocenters. The fourth-order valence-corrected chi connectivity index (χ4v) is 2.29. The van der Waals surface area contributed by atoms with Gasteiger partial charge in [-0.2, -0.15) is 0 Å². The molecule has 1 unspecified atom stereocenters. The van der Waals surface area contributed by atoms with E-state index in [2.05, 4.69) is 32.8 Å². The normalized spacial score (nSPS) is 12.6. The zero-order valence-corrected chi connectivity index (χ0v) is 12.4. The van der Waals surface area contributed by atoms with Crippen LogP contribution in [-0.4, -0.2) is 9.97 Å². The Balaban J connectivity index is 2.23. The van der Waals surface area contributed by atoms with Gasteiger partial charge in [0.25, 0.3) is 0 Å². The molecule has 19 heavy (non-hydrogen) atoms. The van der Waals surface area contributed by atoms with Gasteiger partial charge >= 0.3 is 0 Å². The lowest BCUT2D eigenvalue weighted by Crippen LogP contribution is -2.11. The molecule has 3 nitrogen and oxygen atoms in total. The average Bonchev–Trinajstić information content (AvgIpc) is 2.88. The summed E-state index contributed by atoms with van der Waals surface area (Å²) < 4.78 is 14.6. The lowest BCUT2D eigenvalue weighted by Gasteiger charge is -2.07. The molecule has 0 saturated heterocycles. The lowest BCUT2D eigenvalue weighted by molar-refractivity contribution is 0.580. The molecule has 2 rings (SSSR count). The monoisotopic (exact) mass is 325 g/mol. The first-order valence-electron chi connectivity index (χ1n) is 6.37. The number of hydrogen-bond donors (Lipinski definition) is 2. The van der Waals surface area contributed by atoms with Crippen LogP contribution in [0.25, 0.3) is 11.3 Å². The second-order valence-corrected chi connectivity index (χ2v) is 5.47. The van der Waals surface area contributed by atoms with Crippen LogP contribution in [0.1, 0.15) is 38.1 Å². The van der Waals surface area contributed by atoms with Crippen LogP contribution in [-0.2, 0) is 0 Å². The van der Waals surface area contributed by atoms with Crippen molar-refractivity contribution in [1.29, 1.82) is 0 Å². The van der Waals surface area contributed by atoms with Crippen LogP contribution in [0.2, 0.25) is 0 Å². The van der Waals surface area contributed by atoms with Crippen molar-refractivity contribution in [3.8, 4) is 11.3 Å². The van der Waals surface area contributed by atoms with Crippen molar-refractivity contribution in [3.05, 3.63) is 40.5 Å². The maximum atomic E-state index is 13.8. The van der Waals surface area contributed by atoms with Gasteiger partial charge in [0.2, 0.25) is 0 Å². The molecular weight excluding hydrogens is 309 g/mol. The molecule has 5 heteroatoms. The number of nitrogens with one attached hydrogen (secondary N) is 1. The second-order valence-electron chi connectivity index (χ2n) is 4.56. The number of nitrogens with zero attached hydrogens (tertiary/aromatic N) is 1. The Bertz CT molecular complexity index is 553. The Morgan fingerprint density at radius 1 is 1.47 bits per heavy atom. The van der Waals surface area contributed by atoms with E-state index >= 15 is 0 Å². The highest BCUT2D eigenvalue weighted by Gasteiger charge is 2.13. The smallest absolute Gasteiger partial charge is 0.132 e. The number of aromatic amines is 1. The summed E-state index contributed by atoms with van der Waals surface area (Å²) in [6, 6.07) is 4.70. The van der Waals surface area contributed by atoms with Crippen molar-refractivity contribution >= 4 is 15.9 Å². The molecule has 3 N–H and O–H groups in total. The summed E-state index contributed by atoms with van der Waals surface area (Å²) in [7, 11) is 0. The van der Waals surface area contributed by atoms with Gasteiger partial charge in [0, 0.05) is 10.0 Å². The number of aromatic nitrogens is 2. The zero-order chi connectivity index (χ0) is 13.8. The largest absolute Gasteiger partial charge is 0.341 e. The number of halogens is 2. The molecule has 0 aliphatic heterocycles. The summed E-state index contributed by atoms with van der Waals surface area (Å²) in [4.78, 5) is 7.36. The SMILES string of the molecule is CCCCC(N)c1ncc(-c2cc(Br)ccc2F)[nH]1. The van der Waals surface area contributed by atoms with Crippen LogP contribution in [0.3, 0.4) is 0 Å². The number of rotatable bonds is 5. The van der Waals surface area contributed by atoms with Crippen LogP contribution in [0.4, 0.5) is 4.39 Å². The summed E-state index contributed by atoms with van der Waals surface area (Å²) in [5, 5.41) is 0. The fourth-order valence-electron chi connectivity index (χ4n) is 1.93. The molecule has 1 heterocycles. The maximum Gasteiger partial charge on any atom is 0.132 e. The fraction of sp³-hybridized carbons (Fsp3) is 0.357. The van der Waals surface area contributed by atoms with E-state index in [-0.39, 0.29) is 11.9 Å². The van der Waals surface area contributed by atoms with Gasteiger partial charge in [-0.05, 0) is 24.6 Å². The number of nitrogens with two attached hydrogens (primary N) is 1. The predicted octanol–water partition coefficient (Wildman–Crippen LogP) is 4.17. The summed E-state index contributed by atoms with van der Waals surface area (Å²) in [6.45, 7) is 2.12. The van der Waals surface area contributed by atoms with Crippen LogP contribution in [0.5, 0.6) is 0 Å². The lowest BCUT2D eigenvalue weighted by atomic mass is 10.1. The van der Waals surface area contributed by atoms with E-state index < -0.39 is 0 Å². The molecule has 0 bridgehead atoms. The van der Waals surface area contributed by atoms with Gasteiger partial charge in [0.1, 0.15) is 11.6 Å². The van der Waals surface area contributed by atoms with E-state index in [1.807, 2.05) is 0 Å². The molecule has 1 aromatic heterocycles. The van der Waals surface area contributed by atoms with Crippen LogP contribution < -0.4 is 5.73 Å². The van der Waals surface area contributed by atoms with Gasteiger partial charge in [-0.25, -0.2) is 9.37 Å². The quantitative estimate of drug-likeness (QED) is 0.866. The van der Waals surface area contributed by atoms with Crippen molar-refractivity contribution in [2.75, 3.05) is 0 Å². The second kappa shape index (κ2) is 6.30. The standard InChI is InChI=1S/C14H17BrFN3/c1-2-3-4-12(17)14-18-8-13(19-14)10-7-9(15)5-6-11(10)16/h5-8,12H,2-4,17H2,1H3,(H,18,19). The zero-order valence-electron chi connectivity index (χ0n) is 10.8. The first-order chi connectivity index (χ1) is 9.11. The van der Waals surface area contributed by atoms with Crippen molar-refractivity contribution in [3.63, 3.8) is 0 Å². The van der Waals surface area contributed by atoms with Crippen molar-refractivity contribution in [2.45, 2.75) is 32.2 Å². The van der Waals surface area contributed by atoms with E-state index in [0.717, 1.165) is 23.7 Å². The van der Waals surface area contributed by atoms with E-state index in [9.17, 15) is 4.39 Å². The topological polar surface area (TPSA) is 54.7 Å². The molecule has 102 valence electrons. The highest BCUT2D eigenvalue weighted by molar-refractivity contribution is 9.10. The third-order valence-electron chi connectivity index (χ3n) is 3.03. The molecule has 0 aliphatic rings. The molecule has 0 saturated carbocycles. The number of hydrogen-bond acceptors (Lipinski definition) is 2. The summed E-state index contributed by atoms with van der Waals surface area (Å²) in [5.74, 6) is 0.434. The predicted molar refractivity (Wildman–Crippen MR) is 78.1 cm³/mol. The molecule has 0 aliphatic carbocycles. The minimum absolute atomic E-state index is 0.121. The van der Waals surface area contributed by atoms with Crippen LogP contribution in [0.15, 0.2) is 28.9 Å². The van der Waals surface area contributed by atoms with Gasteiger partial charge < -0.3 is 10.7 Å². The van der Waals surface area contributed by atoms with Crippen molar-refractivity contribution in [1.82, 2.24) is 9.97 Å². The molecular formula is C14H17BrFN3. The summed E-state index contributed by atoms with van der Waals surface area (Å²) in [5.41, 5.74) is 7.19. The first-order valence-corrected chi connectivity index (χ1v) is 7.17. The molecule has 2 aromatic rings. The minimum Gasteiger partial charge on any atom is -0.341 e. The Morgan fingerprint density at radius 2 is 2.26 bits per heavy atom. The van der Waals surface area contributed by atoms with Crippen LogP contribution >= 0.6 is 15.9 Å². The van der Waals surface area contributed by atoms with Gasteiger partial charge in [0.05, 0.1) is 17.9 Å².